The lowest BCUT2D eigenvalue weighted by atomic mass is 10.2. The van der Waals surface area contributed by atoms with E-state index < -0.39 is 18.4 Å². The van der Waals surface area contributed by atoms with E-state index in [1.54, 1.807) is 13.2 Å². The highest BCUT2D eigenvalue weighted by Crippen LogP contribution is 2.01. The number of ether oxygens (including phenoxy) is 2. The second-order valence-electron chi connectivity index (χ2n) is 4.05. The molecule has 1 heterocycles. The molecule has 1 rings (SSSR count). The molecule has 0 saturated heterocycles. The summed E-state index contributed by atoms with van der Waals surface area (Å²) in [7, 11) is 1.62. The number of aromatic nitrogens is 1. The topological polar surface area (TPSA) is 68.7 Å². The molecule has 104 valence electrons. The summed E-state index contributed by atoms with van der Waals surface area (Å²) in [6, 6.07) is 5.62. The van der Waals surface area contributed by atoms with Crippen molar-refractivity contribution in [1.29, 1.82) is 0 Å². The minimum Gasteiger partial charge on any atom is -0.426 e. The molecule has 0 aliphatic heterocycles. The van der Waals surface area contributed by atoms with Gasteiger partial charge in [-0.2, -0.15) is 0 Å². The number of carbonyl (C=O) groups excluding carboxylic acids is 2. The summed E-state index contributed by atoms with van der Waals surface area (Å²) in [6.45, 7) is 3.23. The van der Waals surface area contributed by atoms with E-state index in [2.05, 4.69) is 4.98 Å². The maximum atomic E-state index is 11.6. The molecule has 1 amide bonds. The van der Waals surface area contributed by atoms with Crippen LogP contribution in [-0.2, 0) is 20.7 Å². The number of hydrogen-bond acceptors (Lipinski definition) is 5. The summed E-state index contributed by atoms with van der Waals surface area (Å²) in [5, 5.41) is 0. The molecule has 6 heteroatoms. The second-order valence-corrected chi connectivity index (χ2v) is 4.05. The Kier molecular flexibility index (Phi) is 5.78. The molecule has 0 N–H and O–H groups in total. The quantitative estimate of drug-likeness (QED) is 0.598. The fraction of sp³-hybridized carbons (Fsp3) is 0.462. The average molecular weight is 266 g/mol. The molecular weight excluding hydrogens is 248 g/mol. The van der Waals surface area contributed by atoms with Gasteiger partial charge in [0, 0.05) is 45.8 Å². The first-order valence-electron chi connectivity index (χ1n) is 5.98. The maximum Gasteiger partial charge on any atom is 0.412 e. The average Bonchev–Trinajstić information content (AvgIpc) is 2.36. The maximum absolute atomic E-state index is 11.6. The summed E-state index contributed by atoms with van der Waals surface area (Å²) in [6.07, 6.45) is 0.914. The molecule has 0 aromatic carbocycles. The lowest BCUT2D eigenvalue weighted by Crippen LogP contribution is -2.33. The Morgan fingerprint density at radius 1 is 1.37 bits per heavy atom. The Bertz CT molecular complexity index is 422. The van der Waals surface area contributed by atoms with Gasteiger partial charge < -0.3 is 14.4 Å². The van der Waals surface area contributed by atoms with Crippen LogP contribution in [0.4, 0.5) is 4.79 Å². The van der Waals surface area contributed by atoms with E-state index in [0.29, 0.717) is 13.0 Å². The van der Waals surface area contributed by atoms with Crippen LogP contribution < -0.4 is 0 Å². The molecule has 0 radical (unpaired) electrons. The molecular formula is C13H18N2O4. The summed E-state index contributed by atoms with van der Waals surface area (Å²) < 4.78 is 9.65. The van der Waals surface area contributed by atoms with E-state index in [1.165, 1.54) is 18.7 Å². The van der Waals surface area contributed by atoms with E-state index in [0.717, 1.165) is 5.69 Å². The van der Waals surface area contributed by atoms with Crippen molar-refractivity contribution in [2.45, 2.75) is 26.6 Å². The molecule has 0 aliphatic rings. The summed E-state index contributed by atoms with van der Waals surface area (Å²) in [4.78, 5) is 27.9. The highest BCUT2D eigenvalue weighted by atomic mass is 16.7. The highest BCUT2D eigenvalue weighted by Gasteiger charge is 2.15. The Labute approximate surface area is 112 Å². The smallest absolute Gasteiger partial charge is 0.412 e. The van der Waals surface area contributed by atoms with E-state index in [-0.39, 0.29) is 0 Å². The van der Waals surface area contributed by atoms with Crippen molar-refractivity contribution >= 4 is 12.1 Å². The number of rotatable bonds is 5. The molecule has 1 aromatic heterocycles. The number of pyridine rings is 1. The van der Waals surface area contributed by atoms with Crippen molar-refractivity contribution < 1.29 is 19.1 Å². The van der Waals surface area contributed by atoms with Crippen molar-refractivity contribution in [3.8, 4) is 0 Å². The van der Waals surface area contributed by atoms with E-state index >= 15 is 0 Å². The number of esters is 1. The third kappa shape index (κ3) is 5.85. The Balaban J connectivity index is 2.34. The van der Waals surface area contributed by atoms with Crippen LogP contribution in [0.25, 0.3) is 0 Å². The van der Waals surface area contributed by atoms with Gasteiger partial charge in [0.25, 0.3) is 0 Å². The molecule has 1 atom stereocenters. The number of carbonyl (C=O) groups is 2. The molecule has 1 aromatic rings. The van der Waals surface area contributed by atoms with Crippen LogP contribution in [0.5, 0.6) is 0 Å². The van der Waals surface area contributed by atoms with Crippen LogP contribution in [0.15, 0.2) is 24.4 Å². The van der Waals surface area contributed by atoms with Crippen molar-refractivity contribution in [2.24, 2.45) is 0 Å². The molecule has 6 nitrogen and oxygen atoms in total. The summed E-state index contributed by atoms with van der Waals surface area (Å²) in [5.74, 6) is -0.489. The second kappa shape index (κ2) is 7.35. The van der Waals surface area contributed by atoms with Crippen LogP contribution in [0.3, 0.4) is 0 Å². The number of amides is 1. The zero-order valence-electron chi connectivity index (χ0n) is 11.3. The zero-order chi connectivity index (χ0) is 14.3. The van der Waals surface area contributed by atoms with Gasteiger partial charge in [0.1, 0.15) is 0 Å². The van der Waals surface area contributed by atoms with Crippen LogP contribution in [-0.4, -0.2) is 41.8 Å². The van der Waals surface area contributed by atoms with Crippen molar-refractivity contribution in [3.63, 3.8) is 0 Å². The first-order chi connectivity index (χ1) is 8.99. The number of nitrogens with zero attached hydrogens (tertiary/aromatic N) is 2. The molecule has 0 aliphatic carbocycles. The Hall–Kier alpha value is -2.11. The summed E-state index contributed by atoms with van der Waals surface area (Å²) in [5.41, 5.74) is 0.898. The Morgan fingerprint density at radius 3 is 2.68 bits per heavy atom. The van der Waals surface area contributed by atoms with Gasteiger partial charge >= 0.3 is 12.1 Å². The fourth-order valence-electron chi connectivity index (χ4n) is 1.41. The van der Waals surface area contributed by atoms with Gasteiger partial charge in [0.15, 0.2) is 0 Å². The normalized spacial score (nSPS) is 11.5. The first kappa shape index (κ1) is 14.9. The number of likely N-dealkylation sites (N-methyl/N-ethyl adjacent to an activating group) is 1. The minimum absolute atomic E-state index is 0.475. The van der Waals surface area contributed by atoms with E-state index in [4.69, 9.17) is 9.47 Å². The van der Waals surface area contributed by atoms with Gasteiger partial charge in [-0.15, -0.1) is 0 Å². The third-order valence-electron chi connectivity index (χ3n) is 2.34. The first-order valence-corrected chi connectivity index (χ1v) is 5.98. The molecule has 0 saturated carbocycles. The Morgan fingerprint density at radius 2 is 2.11 bits per heavy atom. The van der Waals surface area contributed by atoms with Crippen molar-refractivity contribution in [1.82, 2.24) is 9.88 Å². The lowest BCUT2D eigenvalue weighted by molar-refractivity contribution is -0.163. The molecule has 0 fully saturated rings. The van der Waals surface area contributed by atoms with Gasteiger partial charge in [0.2, 0.25) is 6.29 Å². The zero-order valence-corrected chi connectivity index (χ0v) is 11.3. The highest BCUT2D eigenvalue weighted by molar-refractivity contribution is 5.68. The van der Waals surface area contributed by atoms with Crippen LogP contribution in [0.2, 0.25) is 0 Å². The standard InChI is InChI=1S/C13H18N2O4/c1-10(16)18-11(2)19-13(17)15(3)9-7-12-6-4-5-8-14-12/h4-6,8,11H,7,9H2,1-3H3. The van der Waals surface area contributed by atoms with Crippen molar-refractivity contribution in [3.05, 3.63) is 30.1 Å². The molecule has 0 bridgehead atoms. The predicted molar refractivity (Wildman–Crippen MR) is 68.3 cm³/mol. The molecule has 1 unspecified atom stereocenters. The van der Waals surface area contributed by atoms with E-state index in [1.807, 2.05) is 18.2 Å². The van der Waals surface area contributed by atoms with E-state index in [9.17, 15) is 9.59 Å². The van der Waals surface area contributed by atoms with Crippen LogP contribution in [0, 0.1) is 0 Å². The monoisotopic (exact) mass is 266 g/mol. The van der Waals surface area contributed by atoms with Gasteiger partial charge in [-0.05, 0) is 12.1 Å². The van der Waals surface area contributed by atoms with Crippen LogP contribution in [0.1, 0.15) is 19.5 Å². The number of hydrogen-bond donors (Lipinski definition) is 0. The van der Waals surface area contributed by atoms with Gasteiger partial charge in [-0.3, -0.25) is 9.78 Å². The lowest BCUT2D eigenvalue weighted by Gasteiger charge is -2.19. The van der Waals surface area contributed by atoms with Gasteiger partial charge in [0.05, 0.1) is 0 Å². The predicted octanol–water partition coefficient (Wildman–Crippen LogP) is 1.60. The van der Waals surface area contributed by atoms with Gasteiger partial charge in [-0.25, -0.2) is 4.79 Å². The van der Waals surface area contributed by atoms with Crippen LogP contribution >= 0.6 is 0 Å². The third-order valence-corrected chi connectivity index (χ3v) is 2.34. The molecule has 0 spiro atoms. The fourth-order valence-corrected chi connectivity index (χ4v) is 1.41. The summed E-state index contributed by atoms with van der Waals surface area (Å²) >= 11 is 0. The van der Waals surface area contributed by atoms with Crippen molar-refractivity contribution in [2.75, 3.05) is 13.6 Å². The SMILES string of the molecule is CC(=O)OC(C)OC(=O)N(C)CCc1ccccn1. The van der Waals surface area contributed by atoms with Gasteiger partial charge in [-0.1, -0.05) is 6.07 Å². The largest absolute Gasteiger partial charge is 0.426 e. The minimum atomic E-state index is -0.887. The molecule has 19 heavy (non-hydrogen) atoms.